The van der Waals surface area contributed by atoms with Crippen LogP contribution in [0.15, 0.2) is 12.4 Å². The van der Waals surface area contributed by atoms with Crippen LogP contribution in [0.3, 0.4) is 0 Å². The molecule has 1 fully saturated rings. The summed E-state index contributed by atoms with van der Waals surface area (Å²) < 4.78 is 27.3. The third kappa shape index (κ3) is 4.49. The molecule has 1 aromatic heterocycles. The predicted molar refractivity (Wildman–Crippen MR) is 90.6 cm³/mol. The molecule has 2 rings (SSSR count). The van der Waals surface area contributed by atoms with E-state index >= 15 is 0 Å². The molecule has 0 bridgehead atoms. The Kier molecular flexibility index (Phi) is 6.25. The van der Waals surface area contributed by atoms with Crippen LogP contribution in [0.5, 0.6) is 0 Å². The van der Waals surface area contributed by atoms with Crippen LogP contribution in [0.25, 0.3) is 0 Å². The Balaban J connectivity index is 2.01. The van der Waals surface area contributed by atoms with Gasteiger partial charge in [0.1, 0.15) is 12.0 Å². The third-order valence-electron chi connectivity index (χ3n) is 4.28. The van der Waals surface area contributed by atoms with Crippen molar-refractivity contribution in [2.75, 3.05) is 34.2 Å². The van der Waals surface area contributed by atoms with Crippen LogP contribution in [0, 0.1) is 5.92 Å². The molecular weight excluding hydrogens is 330 g/mol. The van der Waals surface area contributed by atoms with E-state index in [1.807, 2.05) is 0 Å². The number of hydrogen-bond donors (Lipinski definition) is 1. The molecule has 0 unspecified atom stereocenters. The van der Waals surface area contributed by atoms with E-state index < -0.39 is 10.2 Å². The molecule has 1 atom stereocenters. The van der Waals surface area contributed by atoms with Gasteiger partial charge >= 0.3 is 0 Å². The molecule has 2 heterocycles. The van der Waals surface area contributed by atoms with Gasteiger partial charge in [-0.3, -0.25) is 4.79 Å². The zero-order chi connectivity index (χ0) is 17.7. The summed E-state index contributed by atoms with van der Waals surface area (Å²) in [5, 5.41) is 2.55. The Morgan fingerprint density at radius 1 is 1.33 bits per heavy atom. The Bertz CT molecular complexity index is 677. The molecule has 0 saturated carbocycles. The van der Waals surface area contributed by atoms with Crippen molar-refractivity contribution in [3.8, 4) is 0 Å². The number of nitrogens with zero attached hydrogens (tertiary/aromatic N) is 4. The smallest absolute Gasteiger partial charge is 0.281 e. The van der Waals surface area contributed by atoms with Crippen molar-refractivity contribution in [1.82, 2.24) is 23.9 Å². The molecule has 1 aliphatic rings. The van der Waals surface area contributed by atoms with E-state index in [0.717, 1.165) is 31.4 Å². The van der Waals surface area contributed by atoms with E-state index in [-0.39, 0.29) is 5.91 Å². The maximum absolute atomic E-state index is 12.2. The van der Waals surface area contributed by atoms with Crippen LogP contribution >= 0.6 is 0 Å². The van der Waals surface area contributed by atoms with Gasteiger partial charge in [0.25, 0.3) is 16.1 Å². The molecule has 1 N–H and O–H groups in total. The first-order valence-electron chi connectivity index (χ1n) is 8.05. The molecule has 0 spiro atoms. The van der Waals surface area contributed by atoms with Crippen molar-refractivity contribution < 1.29 is 13.2 Å². The lowest BCUT2D eigenvalue weighted by Gasteiger charge is -2.23. The molecule has 0 radical (unpaired) electrons. The second-order valence-corrected chi connectivity index (χ2v) is 8.31. The highest BCUT2D eigenvalue weighted by molar-refractivity contribution is 7.86. The molecule has 1 saturated heterocycles. The Hall–Kier alpha value is -1.58. The molecule has 1 amide bonds. The Morgan fingerprint density at radius 3 is 2.75 bits per heavy atom. The van der Waals surface area contributed by atoms with Crippen molar-refractivity contribution >= 4 is 16.1 Å². The zero-order valence-electron chi connectivity index (χ0n) is 14.4. The lowest BCUT2D eigenvalue weighted by molar-refractivity contribution is 0.0957. The average Bonchev–Trinajstić information content (AvgIpc) is 2.80. The molecule has 0 aromatic carbocycles. The van der Waals surface area contributed by atoms with Gasteiger partial charge in [0.15, 0.2) is 0 Å². The number of carbonyl (C=O) groups is 1. The molecule has 1 aliphatic heterocycles. The summed E-state index contributed by atoms with van der Waals surface area (Å²) in [6.07, 6.45) is 4.68. The Morgan fingerprint density at radius 2 is 2.08 bits per heavy atom. The van der Waals surface area contributed by atoms with Crippen LogP contribution in [-0.2, 0) is 16.6 Å². The van der Waals surface area contributed by atoms with Crippen molar-refractivity contribution in [3.05, 3.63) is 23.8 Å². The zero-order valence-corrected chi connectivity index (χ0v) is 15.2. The number of hydrogen-bond acceptors (Lipinski definition) is 5. The number of carbonyl (C=O) groups excluding carboxylic acids is 1. The van der Waals surface area contributed by atoms with Gasteiger partial charge in [-0.15, -0.1) is 0 Å². The van der Waals surface area contributed by atoms with E-state index in [1.165, 1.54) is 10.6 Å². The first kappa shape index (κ1) is 18.8. The highest BCUT2D eigenvalue weighted by Gasteiger charge is 2.27. The first-order chi connectivity index (χ1) is 11.3. The molecule has 24 heavy (non-hydrogen) atoms. The fraction of sp³-hybridized carbons (Fsp3) is 0.667. The molecule has 9 heteroatoms. The first-order valence-corrected chi connectivity index (χ1v) is 9.45. The minimum Gasteiger partial charge on any atom is -0.354 e. The molecule has 1 aromatic rings. The van der Waals surface area contributed by atoms with Gasteiger partial charge in [0.05, 0.1) is 0 Å². The predicted octanol–water partition coefficient (Wildman–Crippen LogP) is 0.287. The number of amides is 1. The Labute approximate surface area is 143 Å². The summed E-state index contributed by atoms with van der Waals surface area (Å²) >= 11 is 0. The molecule has 134 valence electrons. The maximum Gasteiger partial charge on any atom is 0.281 e. The highest BCUT2D eigenvalue weighted by atomic mass is 32.2. The molecule has 0 aliphatic carbocycles. The fourth-order valence-electron chi connectivity index (χ4n) is 2.86. The minimum absolute atomic E-state index is 0.234. The lowest BCUT2D eigenvalue weighted by Crippen LogP contribution is -2.40. The van der Waals surface area contributed by atoms with Gasteiger partial charge in [-0.2, -0.15) is 17.0 Å². The molecular formula is C15H25N5O3S. The van der Waals surface area contributed by atoms with Crippen molar-refractivity contribution in [1.29, 1.82) is 0 Å². The summed E-state index contributed by atoms with van der Waals surface area (Å²) in [6, 6.07) is 1.71. The summed E-state index contributed by atoms with van der Waals surface area (Å²) in [5.41, 5.74) is 1.17. The number of rotatable bonds is 5. The van der Waals surface area contributed by atoms with Gasteiger partial charge in [-0.05, 0) is 37.7 Å². The SMILES string of the molecule is CNC(=O)c1cc(C[C@@H]2CCCN(S(=O)(=O)N(C)C)CC2)ncn1. The number of nitrogens with one attached hydrogen (secondary N) is 1. The summed E-state index contributed by atoms with van der Waals surface area (Å²) in [5.74, 6) is 0.113. The fourth-order valence-corrected chi connectivity index (χ4v) is 4.02. The van der Waals surface area contributed by atoms with Gasteiger partial charge in [0.2, 0.25) is 0 Å². The van der Waals surface area contributed by atoms with Gasteiger partial charge in [0, 0.05) is 39.9 Å². The van der Waals surface area contributed by atoms with Crippen LogP contribution in [0.1, 0.15) is 35.4 Å². The van der Waals surface area contributed by atoms with E-state index in [0.29, 0.717) is 24.7 Å². The van der Waals surface area contributed by atoms with Crippen LogP contribution in [0.2, 0.25) is 0 Å². The normalized spacial score (nSPS) is 19.9. The van der Waals surface area contributed by atoms with Crippen molar-refractivity contribution in [2.45, 2.75) is 25.7 Å². The van der Waals surface area contributed by atoms with Crippen molar-refractivity contribution in [3.63, 3.8) is 0 Å². The van der Waals surface area contributed by atoms with Crippen LogP contribution in [-0.4, -0.2) is 67.1 Å². The monoisotopic (exact) mass is 355 g/mol. The van der Waals surface area contributed by atoms with Crippen LogP contribution in [0.4, 0.5) is 0 Å². The van der Waals surface area contributed by atoms with E-state index in [2.05, 4.69) is 15.3 Å². The quantitative estimate of drug-likeness (QED) is 0.819. The second-order valence-electron chi connectivity index (χ2n) is 6.16. The minimum atomic E-state index is -3.35. The van der Waals surface area contributed by atoms with E-state index in [1.54, 1.807) is 31.5 Å². The summed E-state index contributed by atoms with van der Waals surface area (Å²) in [7, 11) is 1.32. The standard InChI is InChI=1S/C15H25N5O3S/c1-16-15(21)14-10-13(17-11-18-14)9-12-5-4-7-20(8-6-12)24(22,23)19(2)3/h10-12H,4-9H2,1-3H3,(H,16,21)/t12-/m1/s1. The number of aromatic nitrogens is 2. The van der Waals surface area contributed by atoms with Crippen molar-refractivity contribution in [2.24, 2.45) is 5.92 Å². The summed E-state index contributed by atoms with van der Waals surface area (Å²) in [4.78, 5) is 19.9. The highest BCUT2D eigenvalue weighted by Crippen LogP contribution is 2.23. The van der Waals surface area contributed by atoms with Gasteiger partial charge < -0.3 is 5.32 Å². The lowest BCUT2D eigenvalue weighted by atomic mass is 9.95. The van der Waals surface area contributed by atoms with Gasteiger partial charge in [-0.1, -0.05) is 0 Å². The average molecular weight is 355 g/mol. The second kappa shape index (κ2) is 8.00. The third-order valence-corrected chi connectivity index (χ3v) is 6.22. The van der Waals surface area contributed by atoms with Crippen LogP contribution < -0.4 is 5.32 Å². The summed E-state index contributed by atoms with van der Waals surface area (Å²) in [6.45, 7) is 1.06. The topological polar surface area (TPSA) is 95.5 Å². The van der Waals surface area contributed by atoms with E-state index in [9.17, 15) is 13.2 Å². The molecule has 8 nitrogen and oxygen atoms in total. The van der Waals surface area contributed by atoms with Gasteiger partial charge in [-0.25, -0.2) is 9.97 Å². The maximum atomic E-state index is 12.2. The largest absolute Gasteiger partial charge is 0.354 e. The van der Waals surface area contributed by atoms with E-state index in [4.69, 9.17) is 0 Å².